The van der Waals surface area contributed by atoms with Gasteiger partial charge in [0.2, 0.25) is 0 Å². The summed E-state index contributed by atoms with van der Waals surface area (Å²) in [7, 11) is 0. The van der Waals surface area contributed by atoms with Crippen molar-refractivity contribution >= 4 is 5.71 Å². The summed E-state index contributed by atoms with van der Waals surface area (Å²) in [5.41, 5.74) is 1.38. The summed E-state index contributed by atoms with van der Waals surface area (Å²) in [6.07, 6.45) is 10.4. The highest BCUT2D eigenvalue weighted by Crippen LogP contribution is 2.30. The first kappa shape index (κ1) is 22.5. The SMILES string of the molecule is CCCCCCC(C)C(C)C[C@H](C)CO/N=C(\C)C1(C)CCNCC1. The quantitative estimate of drug-likeness (QED) is 0.264. The fourth-order valence-corrected chi connectivity index (χ4v) is 3.82. The van der Waals surface area contributed by atoms with Gasteiger partial charge in [-0.1, -0.05) is 71.9 Å². The number of rotatable bonds is 12. The number of hydrogen-bond donors (Lipinski definition) is 1. The van der Waals surface area contributed by atoms with Gasteiger partial charge in [0, 0.05) is 5.41 Å². The Labute approximate surface area is 157 Å². The van der Waals surface area contributed by atoms with Gasteiger partial charge in [-0.2, -0.15) is 0 Å². The Hall–Kier alpha value is -0.570. The van der Waals surface area contributed by atoms with E-state index in [1.54, 1.807) is 0 Å². The summed E-state index contributed by atoms with van der Waals surface area (Å²) in [5.74, 6) is 2.16. The zero-order chi connectivity index (χ0) is 18.7. The van der Waals surface area contributed by atoms with Crippen LogP contribution in [0.1, 0.15) is 92.9 Å². The van der Waals surface area contributed by atoms with Gasteiger partial charge in [-0.3, -0.25) is 0 Å². The number of hydrogen-bond acceptors (Lipinski definition) is 3. The third kappa shape index (κ3) is 8.57. The molecule has 0 amide bonds. The van der Waals surface area contributed by atoms with Crippen LogP contribution in [-0.2, 0) is 4.84 Å². The molecule has 0 aromatic heterocycles. The van der Waals surface area contributed by atoms with E-state index in [1.807, 2.05) is 0 Å². The van der Waals surface area contributed by atoms with Crippen LogP contribution in [-0.4, -0.2) is 25.4 Å². The van der Waals surface area contributed by atoms with Crippen LogP contribution >= 0.6 is 0 Å². The predicted molar refractivity (Wildman–Crippen MR) is 110 cm³/mol. The Balaban J connectivity index is 2.26. The summed E-state index contributed by atoms with van der Waals surface area (Å²) < 4.78 is 0. The fourth-order valence-electron chi connectivity index (χ4n) is 3.82. The fraction of sp³-hybridized carbons (Fsp3) is 0.955. The Bertz CT molecular complexity index is 374. The molecule has 1 aliphatic rings. The molecule has 0 spiro atoms. The molecule has 25 heavy (non-hydrogen) atoms. The van der Waals surface area contributed by atoms with Crippen molar-refractivity contribution in [2.45, 2.75) is 92.9 Å². The van der Waals surface area contributed by atoms with E-state index in [0.29, 0.717) is 5.92 Å². The van der Waals surface area contributed by atoms with Crippen LogP contribution in [0.3, 0.4) is 0 Å². The summed E-state index contributed by atoms with van der Waals surface area (Å²) in [4.78, 5) is 5.74. The van der Waals surface area contributed by atoms with Gasteiger partial charge in [0.15, 0.2) is 0 Å². The maximum absolute atomic E-state index is 5.74. The average molecular weight is 353 g/mol. The van der Waals surface area contributed by atoms with Crippen molar-refractivity contribution in [3.63, 3.8) is 0 Å². The van der Waals surface area contributed by atoms with Gasteiger partial charge in [-0.25, -0.2) is 0 Å². The molecule has 148 valence electrons. The highest BCUT2D eigenvalue weighted by molar-refractivity contribution is 5.87. The Morgan fingerprint density at radius 2 is 1.76 bits per heavy atom. The second-order valence-electron chi connectivity index (χ2n) is 8.93. The molecule has 0 aromatic rings. The van der Waals surface area contributed by atoms with Crippen LogP contribution in [0.5, 0.6) is 0 Å². The molecular formula is C22H44N2O. The van der Waals surface area contributed by atoms with Gasteiger partial charge in [0.1, 0.15) is 6.61 Å². The van der Waals surface area contributed by atoms with E-state index < -0.39 is 0 Å². The number of nitrogens with one attached hydrogen (secondary N) is 1. The molecular weight excluding hydrogens is 308 g/mol. The first-order valence-corrected chi connectivity index (χ1v) is 10.8. The van der Waals surface area contributed by atoms with Crippen molar-refractivity contribution in [2.24, 2.45) is 28.3 Å². The van der Waals surface area contributed by atoms with E-state index in [1.165, 1.54) is 44.2 Å². The smallest absolute Gasteiger partial charge is 0.119 e. The number of unbranched alkanes of at least 4 members (excludes halogenated alkanes) is 3. The molecule has 0 aliphatic carbocycles. The van der Waals surface area contributed by atoms with Crippen molar-refractivity contribution in [1.29, 1.82) is 0 Å². The molecule has 0 radical (unpaired) electrons. The highest BCUT2D eigenvalue weighted by atomic mass is 16.6. The molecule has 2 unspecified atom stereocenters. The maximum Gasteiger partial charge on any atom is 0.119 e. The second-order valence-corrected chi connectivity index (χ2v) is 8.93. The van der Waals surface area contributed by atoms with E-state index in [0.717, 1.165) is 44.4 Å². The van der Waals surface area contributed by atoms with Gasteiger partial charge in [0.05, 0.1) is 5.71 Å². The van der Waals surface area contributed by atoms with Crippen LogP contribution in [0.2, 0.25) is 0 Å². The van der Waals surface area contributed by atoms with Crippen LogP contribution in [0.4, 0.5) is 0 Å². The monoisotopic (exact) mass is 352 g/mol. The number of piperidine rings is 1. The maximum atomic E-state index is 5.74. The zero-order valence-electron chi connectivity index (χ0n) is 17.9. The van der Waals surface area contributed by atoms with Gasteiger partial charge < -0.3 is 10.2 Å². The Morgan fingerprint density at radius 1 is 1.08 bits per heavy atom. The molecule has 1 N–H and O–H groups in total. The average Bonchev–Trinajstić information content (AvgIpc) is 2.59. The van der Waals surface area contributed by atoms with E-state index >= 15 is 0 Å². The number of oxime groups is 1. The largest absolute Gasteiger partial charge is 0.396 e. The van der Waals surface area contributed by atoms with Gasteiger partial charge >= 0.3 is 0 Å². The van der Waals surface area contributed by atoms with Crippen molar-refractivity contribution in [1.82, 2.24) is 5.32 Å². The zero-order valence-corrected chi connectivity index (χ0v) is 17.9. The Kier molecular flexibility index (Phi) is 10.7. The molecule has 1 rings (SSSR count). The Morgan fingerprint density at radius 3 is 2.40 bits per heavy atom. The minimum Gasteiger partial charge on any atom is -0.396 e. The lowest BCUT2D eigenvalue weighted by Crippen LogP contribution is -2.39. The summed E-state index contributed by atoms with van der Waals surface area (Å²) >= 11 is 0. The molecule has 3 heteroatoms. The third-order valence-corrected chi connectivity index (χ3v) is 6.40. The normalized spacial score (nSPS) is 21.6. The van der Waals surface area contributed by atoms with E-state index in [2.05, 4.69) is 52.0 Å². The summed E-state index contributed by atoms with van der Waals surface area (Å²) in [6, 6.07) is 0. The molecule has 3 nitrogen and oxygen atoms in total. The number of nitrogens with zero attached hydrogens (tertiary/aromatic N) is 1. The van der Waals surface area contributed by atoms with E-state index in [4.69, 9.17) is 4.84 Å². The summed E-state index contributed by atoms with van der Waals surface area (Å²) in [6.45, 7) is 16.8. The predicted octanol–water partition coefficient (Wildman–Crippen LogP) is 6.04. The lowest BCUT2D eigenvalue weighted by atomic mass is 9.77. The van der Waals surface area contributed by atoms with Gasteiger partial charge in [-0.05, 0) is 57.0 Å². The molecule has 0 bridgehead atoms. The first-order chi connectivity index (χ1) is 11.9. The van der Waals surface area contributed by atoms with Crippen LogP contribution in [0.25, 0.3) is 0 Å². The van der Waals surface area contributed by atoms with Crippen molar-refractivity contribution in [2.75, 3.05) is 19.7 Å². The van der Waals surface area contributed by atoms with E-state index in [9.17, 15) is 0 Å². The minimum atomic E-state index is 0.217. The molecule has 3 atom stereocenters. The molecule has 1 fully saturated rings. The standard InChI is InChI=1S/C22H44N2O/c1-7-8-9-10-11-19(3)20(4)16-18(2)17-25-24-21(5)22(6)12-14-23-15-13-22/h18-20,23H,7-17H2,1-6H3/b24-21+/t18-,19?,20?/m0/s1. The van der Waals surface area contributed by atoms with Crippen molar-refractivity contribution in [3.8, 4) is 0 Å². The molecule has 0 saturated carbocycles. The lowest BCUT2D eigenvalue weighted by molar-refractivity contribution is 0.0957. The van der Waals surface area contributed by atoms with Crippen LogP contribution < -0.4 is 5.32 Å². The molecule has 0 aromatic carbocycles. The molecule has 1 aliphatic heterocycles. The minimum absolute atomic E-state index is 0.217. The van der Waals surface area contributed by atoms with Gasteiger partial charge in [0.25, 0.3) is 0 Å². The highest BCUT2D eigenvalue weighted by Gasteiger charge is 2.30. The van der Waals surface area contributed by atoms with Crippen molar-refractivity contribution < 1.29 is 4.84 Å². The molecule has 1 saturated heterocycles. The van der Waals surface area contributed by atoms with Crippen LogP contribution in [0, 0.1) is 23.2 Å². The van der Waals surface area contributed by atoms with Crippen LogP contribution in [0.15, 0.2) is 5.16 Å². The lowest BCUT2D eigenvalue weighted by Gasteiger charge is -2.33. The first-order valence-electron chi connectivity index (χ1n) is 10.8. The third-order valence-electron chi connectivity index (χ3n) is 6.40. The topological polar surface area (TPSA) is 33.6 Å². The van der Waals surface area contributed by atoms with Crippen molar-refractivity contribution in [3.05, 3.63) is 0 Å². The van der Waals surface area contributed by atoms with Gasteiger partial charge in [-0.15, -0.1) is 0 Å². The summed E-state index contributed by atoms with van der Waals surface area (Å²) in [5, 5.41) is 7.90. The second kappa shape index (κ2) is 11.9. The molecule has 1 heterocycles. The van der Waals surface area contributed by atoms with E-state index in [-0.39, 0.29) is 5.41 Å².